The molecule has 0 aromatic carbocycles. The summed E-state index contributed by atoms with van der Waals surface area (Å²) in [6.07, 6.45) is 0. The molecule has 0 aromatic heterocycles. The molecular formula is C8H10N2O4. The van der Waals surface area contributed by atoms with Gasteiger partial charge in [0.25, 0.3) is 5.91 Å². The van der Waals surface area contributed by atoms with Crippen LogP contribution in [0.4, 0.5) is 4.79 Å². The summed E-state index contributed by atoms with van der Waals surface area (Å²) in [5, 5.41) is 10.9. The van der Waals surface area contributed by atoms with Crippen molar-refractivity contribution in [3.63, 3.8) is 0 Å². The standard InChI is InChI=1S/C8H10N2O4/c1-4(5(11)12)8(2)6(13)10(3)7(14)9-8/h1H2,2-3H3,(H,9,14)(H,11,12). The molecule has 0 spiro atoms. The number of carbonyl (C=O) groups is 3. The summed E-state index contributed by atoms with van der Waals surface area (Å²) in [4.78, 5) is 34.0. The van der Waals surface area contributed by atoms with Crippen molar-refractivity contribution in [1.82, 2.24) is 10.2 Å². The van der Waals surface area contributed by atoms with Gasteiger partial charge in [-0.2, -0.15) is 0 Å². The maximum atomic E-state index is 11.5. The largest absolute Gasteiger partial charge is 0.478 e. The Hall–Kier alpha value is -1.85. The molecule has 1 aliphatic heterocycles. The van der Waals surface area contributed by atoms with Gasteiger partial charge in [-0.25, -0.2) is 9.59 Å². The molecule has 0 bridgehead atoms. The van der Waals surface area contributed by atoms with Gasteiger partial charge in [0, 0.05) is 7.05 Å². The molecule has 14 heavy (non-hydrogen) atoms. The van der Waals surface area contributed by atoms with Crippen LogP contribution in [0.25, 0.3) is 0 Å². The minimum atomic E-state index is -1.53. The number of carboxylic acid groups (broad SMARTS) is 1. The zero-order chi connectivity index (χ0) is 11.1. The molecule has 1 fully saturated rings. The van der Waals surface area contributed by atoms with Crippen LogP contribution in [0.15, 0.2) is 12.2 Å². The Balaban J connectivity index is 3.09. The average molecular weight is 198 g/mol. The van der Waals surface area contributed by atoms with Crippen LogP contribution < -0.4 is 5.32 Å². The molecule has 1 rings (SSSR count). The number of carbonyl (C=O) groups excluding carboxylic acids is 2. The summed E-state index contributed by atoms with van der Waals surface area (Å²) in [5.41, 5.74) is -1.88. The second kappa shape index (κ2) is 2.83. The molecule has 0 aliphatic carbocycles. The molecule has 0 aromatic rings. The highest BCUT2D eigenvalue weighted by molar-refractivity contribution is 6.12. The Kier molecular flexibility index (Phi) is 2.07. The molecule has 6 nitrogen and oxygen atoms in total. The highest BCUT2D eigenvalue weighted by Crippen LogP contribution is 2.23. The number of rotatable bonds is 2. The summed E-state index contributed by atoms with van der Waals surface area (Å²) in [6, 6.07) is -0.625. The minimum absolute atomic E-state index is 0.347. The maximum Gasteiger partial charge on any atom is 0.333 e. The third-order valence-corrected chi connectivity index (χ3v) is 2.26. The van der Waals surface area contributed by atoms with Gasteiger partial charge in [0.05, 0.1) is 5.57 Å². The van der Waals surface area contributed by atoms with Crippen molar-refractivity contribution in [2.45, 2.75) is 12.5 Å². The molecule has 0 radical (unpaired) electrons. The average Bonchev–Trinajstić information content (AvgIpc) is 2.30. The number of nitrogens with zero attached hydrogens (tertiary/aromatic N) is 1. The minimum Gasteiger partial charge on any atom is -0.478 e. The lowest BCUT2D eigenvalue weighted by Gasteiger charge is -2.20. The van der Waals surface area contributed by atoms with Gasteiger partial charge in [-0.3, -0.25) is 9.69 Å². The van der Waals surface area contributed by atoms with Crippen LogP contribution in [-0.4, -0.2) is 40.5 Å². The molecule has 3 amide bonds. The van der Waals surface area contributed by atoms with Gasteiger partial charge in [-0.1, -0.05) is 6.58 Å². The topological polar surface area (TPSA) is 86.7 Å². The molecular weight excluding hydrogens is 188 g/mol. The lowest BCUT2D eigenvalue weighted by molar-refractivity contribution is -0.136. The molecule has 1 heterocycles. The van der Waals surface area contributed by atoms with E-state index in [1.807, 2.05) is 0 Å². The number of hydrogen-bond acceptors (Lipinski definition) is 3. The predicted octanol–water partition coefficient (Wildman–Crippen LogP) is -0.433. The van der Waals surface area contributed by atoms with Crippen molar-refractivity contribution in [3.8, 4) is 0 Å². The molecule has 76 valence electrons. The lowest BCUT2D eigenvalue weighted by Crippen LogP contribution is -2.47. The second-order valence-corrected chi connectivity index (χ2v) is 3.20. The fourth-order valence-corrected chi connectivity index (χ4v) is 1.20. The molecule has 1 saturated heterocycles. The molecule has 1 unspecified atom stereocenters. The molecule has 1 aliphatic rings. The van der Waals surface area contributed by atoms with Crippen LogP contribution in [0.5, 0.6) is 0 Å². The monoisotopic (exact) mass is 198 g/mol. The van der Waals surface area contributed by atoms with Crippen molar-refractivity contribution in [1.29, 1.82) is 0 Å². The van der Waals surface area contributed by atoms with Gasteiger partial charge >= 0.3 is 12.0 Å². The van der Waals surface area contributed by atoms with Crippen LogP contribution in [-0.2, 0) is 9.59 Å². The zero-order valence-electron chi connectivity index (χ0n) is 7.83. The Morgan fingerprint density at radius 2 is 2.07 bits per heavy atom. The summed E-state index contributed by atoms with van der Waals surface area (Å²) in [5.74, 6) is -1.92. The van der Waals surface area contributed by atoms with Crippen molar-refractivity contribution in [2.24, 2.45) is 0 Å². The van der Waals surface area contributed by atoms with Crippen molar-refractivity contribution in [3.05, 3.63) is 12.2 Å². The van der Waals surface area contributed by atoms with Gasteiger partial charge in [0.15, 0.2) is 0 Å². The van der Waals surface area contributed by atoms with E-state index in [0.717, 1.165) is 4.90 Å². The second-order valence-electron chi connectivity index (χ2n) is 3.20. The Morgan fingerprint density at radius 3 is 2.36 bits per heavy atom. The number of carboxylic acids is 1. The van der Waals surface area contributed by atoms with E-state index < -0.39 is 23.4 Å². The fourth-order valence-electron chi connectivity index (χ4n) is 1.20. The van der Waals surface area contributed by atoms with Gasteiger partial charge in [0.1, 0.15) is 5.54 Å². The summed E-state index contributed by atoms with van der Waals surface area (Å²) >= 11 is 0. The molecule has 2 N–H and O–H groups in total. The molecule has 0 saturated carbocycles. The highest BCUT2D eigenvalue weighted by Gasteiger charge is 2.50. The van der Waals surface area contributed by atoms with Crippen molar-refractivity contribution in [2.75, 3.05) is 7.05 Å². The predicted molar refractivity (Wildman–Crippen MR) is 46.5 cm³/mol. The van der Waals surface area contributed by atoms with Crippen LogP contribution in [0.3, 0.4) is 0 Å². The van der Waals surface area contributed by atoms with Crippen LogP contribution >= 0.6 is 0 Å². The van der Waals surface area contributed by atoms with E-state index in [4.69, 9.17) is 5.11 Å². The molecule has 6 heteroatoms. The van der Waals surface area contributed by atoms with Gasteiger partial charge in [-0.15, -0.1) is 0 Å². The van der Waals surface area contributed by atoms with Crippen molar-refractivity contribution < 1.29 is 19.5 Å². The number of aliphatic carboxylic acids is 1. The number of likely N-dealkylation sites (N-methyl/N-ethyl adjacent to an activating group) is 1. The Bertz CT molecular complexity index is 349. The van der Waals surface area contributed by atoms with Gasteiger partial charge in [0.2, 0.25) is 0 Å². The SMILES string of the molecule is C=C(C(=O)O)C1(C)NC(=O)N(C)C1=O. The van der Waals surface area contributed by atoms with Crippen LogP contribution in [0.2, 0.25) is 0 Å². The van der Waals surface area contributed by atoms with Gasteiger partial charge < -0.3 is 10.4 Å². The van der Waals surface area contributed by atoms with E-state index in [9.17, 15) is 14.4 Å². The lowest BCUT2D eigenvalue weighted by atomic mass is 9.93. The van der Waals surface area contributed by atoms with E-state index in [-0.39, 0.29) is 5.57 Å². The summed E-state index contributed by atoms with van der Waals surface area (Å²) in [6.45, 7) is 4.58. The summed E-state index contributed by atoms with van der Waals surface area (Å²) < 4.78 is 0. The van der Waals surface area contributed by atoms with Crippen LogP contribution in [0, 0.1) is 0 Å². The number of amides is 3. The van der Waals surface area contributed by atoms with Gasteiger partial charge in [-0.05, 0) is 6.92 Å². The first-order chi connectivity index (χ1) is 6.30. The number of hydrogen-bond donors (Lipinski definition) is 2. The third-order valence-electron chi connectivity index (χ3n) is 2.26. The van der Waals surface area contributed by atoms with Crippen molar-refractivity contribution >= 4 is 17.9 Å². The normalized spacial score (nSPS) is 26.3. The third kappa shape index (κ3) is 1.15. The quantitative estimate of drug-likeness (QED) is 0.465. The van der Waals surface area contributed by atoms with E-state index in [1.54, 1.807) is 0 Å². The maximum absolute atomic E-state index is 11.5. The van der Waals surface area contributed by atoms with Crippen LogP contribution in [0.1, 0.15) is 6.92 Å². The molecule has 1 atom stereocenters. The number of urea groups is 1. The van der Waals surface area contributed by atoms with E-state index in [1.165, 1.54) is 14.0 Å². The Morgan fingerprint density at radius 1 is 1.57 bits per heavy atom. The first-order valence-corrected chi connectivity index (χ1v) is 3.83. The smallest absolute Gasteiger partial charge is 0.333 e. The highest BCUT2D eigenvalue weighted by atomic mass is 16.4. The number of imide groups is 1. The first-order valence-electron chi connectivity index (χ1n) is 3.83. The first kappa shape index (κ1) is 10.2. The van der Waals surface area contributed by atoms with E-state index in [0.29, 0.717) is 0 Å². The number of nitrogens with one attached hydrogen (secondary N) is 1. The summed E-state index contributed by atoms with van der Waals surface area (Å²) in [7, 11) is 1.28. The van der Waals surface area contributed by atoms with E-state index in [2.05, 4.69) is 11.9 Å². The zero-order valence-corrected chi connectivity index (χ0v) is 7.83. The fraction of sp³-hybridized carbons (Fsp3) is 0.375. The Labute approximate surface area is 80.2 Å². The van der Waals surface area contributed by atoms with E-state index >= 15 is 0 Å².